The van der Waals surface area contributed by atoms with Gasteiger partial charge in [0, 0.05) is 35.9 Å². The first-order valence-corrected chi connectivity index (χ1v) is 9.99. The van der Waals surface area contributed by atoms with Crippen molar-refractivity contribution in [1.29, 1.82) is 0 Å². The number of rotatable bonds is 3. The quantitative estimate of drug-likeness (QED) is 0.492. The summed E-state index contributed by atoms with van der Waals surface area (Å²) in [6, 6.07) is 4.74. The van der Waals surface area contributed by atoms with Gasteiger partial charge in [-0.2, -0.15) is 0 Å². The highest BCUT2D eigenvalue weighted by atomic mass is 16.5. The molecule has 4 aromatic rings. The molecule has 1 aliphatic rings. The fraction of sp³-hybridized carbons (Fsp3) is 0.409. The van der Waals surface area contributed by atoms with Crippen LogP contribution in [0.25, 0.3) is 33.3 Å². The first-order valence-electron chi connectivity index (χ1n) is 9.99. The summed E-state index contributed by atoms with van der Waals surface area (Å²) in [5.74, 6) is 1.60. The molecule has 0 N–H and O–H groups in total. The smallest absolute Gasteiger partial charge is 0.141 e. The van der Waals surface area contributed by atoms with Crippen LogP contribution in [-0.4, -0.2) is 33.1 Å². The first-order chi connectivity index (χ1) is 14.0. The van der Waals surface area contributed by atoms with Crippen molar-refractivity contribution in [2.75, 3.05) is 13.2 Å². The van der Waals surface area contributed by atoms with E-state index in [-0.39, 0.29) is 0 Å². The second-order valence-electron chi connectivity index (χ2n) is 7.79. The normalized spacial score (nSPS) is 15.4. The van der Waals surface area contributed by atoms with Gasteiger partial charge in [-0.15, -0.1) is 0 Å². The van der Waals surface area contributed by atoms with Crippen LogP contribution in [0.3, 0.4) is 0 Å². The zero-order valence-electron chi connectivity index (χ0n) is 17.2. The van der Waals surface area contributed by atoms with Gasteiger partial charge >= 0.3 is 0 Å². The molecular weight excluding hydrogens is 368 g/mol. The van der Waals surface area contributed by atoms with E-state index < -0.39 is 0 Å². The van der Waals surface area contributed by atoms with Crippen molar-refractivity contribution in [3.8, 4) is 22.3 Å². The third-order valence-corrected chi connectivity index (χ3v) is 5.89. The number of aryl methyl sites for hydroxylation is 4. The molecule has 0 bridgehead atoms. The lowest BCUT2D eigenvalue weighted by atomic mass is 9.95. The van der Waals surface area contributed by atoms with Crippen LogP contribution in [0, 0.1) is 27.7 Å². The Balaban J connectivity index is 1.80. The van der Waals surface area contributed by atoms with E-state index in [2.05, 4.69) is 27.0 Å². The standard InChI is InChI=1S/C22H24N4O3/c1-12-20(14(3)28-24-12)16-9-18(21-13(2)25-29-15(21)4)22-19(10-16)26(11-23-22)17-5-7-27-8-6-17/h9-11,17H,5-8H2,1-4H3. The Morgan fingerprint density at radius 1 is 0.897 bits per heavy atom. The number of aromatic nitrogens is 4. The van der Waals surface area contributed by atoms with Crippen molar-refractivity contribution >= 4 is 11.0 Å². The molecule has 1 aromatic carbocycles. The van der Waals surface area contributed by atoms with Gasteiger partial charge in [0.1, 0.15) is 11.5 Å². The van der Waals surface area contributed by atoms with Gasteiger partial charge in [0.25, 0.3) is 0 Å². The molecule has 5 rings (SSSR count). The fourth-order valence-electron chi connectivity index (χ4n) is 4.49. The Bertz CT molecular complexity index is 1160. The molecule has 1 fully saturated rings. The highest BCUT2D eigenvalue weighted by Gasteiger charge is 2.24. The van der Waals surface area contributed by atoms with Crippen molar-refractivity contribution in [1.82, 2.24) is 19.9 Å². The van der Waals surface area contributed by atoms with Crippen molar-refractivity contribution < 1.29 is 13.8 Å². The van der Waals surface area contributed by atoms with E-state index in [9.17, 15) is 0 Å². The third-order valence-electron chi connectivity index (χ3n) is 5.89. The summed E-state index contributed by atoms with van der Waals surface area (Å²) in [7, 11) is 0. The Hall–Kier alpha value is -2.93. The van der Waals surface area contributed by atoms with Crippen molar-refractivity contribution in [3.63, 3.8) is 0 Å². The van der Waals surface area contributed by atoms with E-state index in [1.165, 1.54) is 0 Å². The van der Waals surface area contributed by atoms with Crippen LogP contribution in [0.1, 0.15) is 41.8 Å². The largest absolute Gasteiger partial charge is 0.381 e. The van der Waals surface area contributed by atoms with Gasteiger partial charge in [-0.1, -0.05) is 10.3 Å². The minimum Gasteiger partial charge on any atom is -0.381 e. The lowest BCUT2D eigenvalue weighted by Crippen LogP contribution is -2.18. The molecule has 7 heteroatoms. The average molecular weight is 392 g/mol. The molecule has 0 aliphatic carbocycles. The van der Waals surface area contributed by atoms with E-state index in [1.807, 2.05) is 34.0 Å². The lowest BCUT2D eigenvalue weighted by molar-refractivity contribution is 0.0706. The highest BCUT2D eigenvalue weighted by molar-refractivity contribution is 5.97. The van der Waals surface area contributed by atoms with Crippen LogP contribution in [0.15, 0.2) is 27.5 Å². The van der Waals surface area contributed by atoms with Gasteiger partial charge in [-0.3, -0.25) is 0 Å². The van der Waals surface area contributed by atoms with E-state index in [4.69, 9.17) is 18.8 Å². The number of hydrogen-bond donors (Lipinski definition) is 0. The molecule has 4 heterocycles. The molecule has 0 radical (unpaired) electrons. The number of nitrogens with zero attached hydrogens (tertiary/aromatic N) is 4. The fourth-order valence-corrected chi connectivity index (χ4v) is 4.49. The van der Waals surface area contributed by atoms with Crippen LogP contribution in [0.5, 0.6) is 0 Å². The highest BCUT2D eigenvalue weighted by Crippen LogP contribution is 2.39. The van der Waals surface area contributed by atoms with Gasteiger partial charge in [0.2, 0.25) is 0 Å². The summed E-state index contributed by atoms with van der Waals surface area (Å²) in [4.78, 5) is 4.81. The molecule has 1 aliphatic heterocycles. The van der Waals surface area contributed by atoms with Crippen LogP contribution in [0.2, 0.25) is 0 Å². The van der Waals surface area contributed by atoms with E-state index in [0.29, 0.717) is 6.04 Å². The van der Waals surface area contributed by atoms with Gasteiger partial charge < -0.3 is 18.4 Å². The summed E-state index contributed by atoms with van der Waals surface area (Å²) in [5.41, 5.74) is 7.92. The van der Waals surface area contributed by atoms with Crippen LogP contribution < -0.4 is 0 Å². The molecule has 29 heavy (non-hydrogen) atoms. The van der Waals surface area contributed by atoms with E-state index >= 15 is 0 Å². The molecule has 3 aromatic heterocycles. The summed E-state index contributed by atoms with van der Waals surface area (Å²) in [6.07, 6.45) is 3.93. The van der Waals surface area contributed by atoms with Crippen LogP contribution >= 0.6 is 0 Å². The maximum atomic E-state index is 5.56. The maximum Gasteiger partial charge on any atom is 0.141 e. The van der Waals surface area contributed by atoms with Gasteiger partial charge in [0.15, 0.2) is 0 Å². The molecular formula is C22H24N4O3. The summed E-state index contributed by atoms with van der Waals surface area (Å²) in [6.45, 7) is 9.40. The molecule has 0 unspecified atom stereocenters. The Labute approximate surface area is 168 Å². The molecule has 150 valence electrons. The SMILES string of the molecule is Cc1noc(C)c1-c1cc(-c2c(C)noc2C)c2ncn(C3CCOCC3)c2c1. The van der Waals surface area contributed by atoms with Gasteiger partial charge in [-0.05, 0) is 58.2 Å². The van der Waals surface area contributed by atoms with Crippen molar-refractivity contribution in [2.24, 2.45) is 0 Å². The van der Waals surface area contributed by atoms with Crippen LogP contribution in [-0.2, 0) is 4.74 Å². The molecule has 0 spiro atoms. The van der Waals surface area contributed by atoms with E-state index in [0.717, 1.165) is 82.3 Å². The molecule has 0 atom stereocenters. The zero-order valence-corrected chi connectivity index (χ0v) is 17.2. The monoisotopic (exact) mass is 392 g/mol. The molecule has 7 nitrogen and oxygen atoms in total. The molecule has 1 saturated heterocycles. The number of ether oxygens (including phenoxy) is 1. The maximum absolute atomic E-state index is 5.56. The summed E-state index contributed by atoms with van der Waals surface area (Å²) in [5, 5.41) is 8.32. The number of fused-ring (bicyclic) bond motifs is 1. The zero-order chi connectivity index (χ0) is 20.1. The minimum atomic E-state index is 0.381. The van der Waals surface area contributed by atoms with Crippen molar-refractivity contribution in [2.45, 2.75) is 46.6 Å². The Morgan fingerprint density at radius 2 is 1.55 bits per heavy atom. The second-order valence-corrected chi connectivity index (χ2v) is 7.79. The van der Waals surface area contributed by atoms with Crippen molar-refractivity contribution in [3.05, 3.63) is 41.4 Å². The summed E-state index contributed by atoms with van der Waals surface area (Å²) < 4.78 is 18.8. The molecule has 0 saturated carbocycles. The molecule has 0 amide bonds. The summed E-state index contributed by atoms with van der Waals surface area (Å²) >= 11 is 0. The number of benzene rings is 1. The predicted octanol–water partition coefficient (Wildman–Crippen LogP) is 4.93. The topological polar surface area (TPSA) is 79.1 Å². The predicted molar refractivity (Wildman–Crippen MR) is 109 cm³/mol. The van der Waals surface area contributed by atoms with Crippen LogP contribution in [0.4, 0.5) is 0 Å². The number of imidazole rings is 1. The first kappa shape index (κ1) is 18.1. The van der Waals surface area contributed by atoms with E-state index in [1.54, 1.807) is 0 Å². The Kier molecular flexibility index (Phi) is 4.28. The second kappa shape index (κ2) is 6.84. The Morgan fingerprint density at radius 3 is 2.17 bits per heavy atom. The average Bonchev–Trinajstić information content (AvgIpc) is 3.39. The minimum absolute atomic E-state index is 0.381. The number of hydrogen-bond acceptors (Lipinski definition) is 6. The van der Waals surface area contributed by atoms with Gasteiger partial charge in [0.05, 0.1) is 28.7 Å². The third kappa shape index (κ3) is 2.88. The van der Waals surface area contributed by atoms with Gasteiger partial charge in [-0.25, -0.2) is 4.98 Å². The lowest BCUT2D eigenvalue weighted by Gasteiger charge is -2.24.